The van der Waals surface area contributed by atoms with Gasteiger partial charge in [-0.15, -0.1) is 0 Å². The minimum atomic E-state index is -4.15. The van der Waals surface area contributed by atoms with E-state index in [0.717, 1.165) is 24.3 Å². The van der Waals surface area contributed by atoms with Crippen molar-refractivity contribution in [3.63, 3.8) is 0 Å². The molecule has 0 atom stereocenters. The lowest BCUT2D eigenvalue weighted by Crippen LogP contribution is -2.43. The molecular weight excluding hydrogens is 464 g/mol. The van der Waals surface area contributed by atoms with Crippen molar-refractivity contribution in [1.82, 2.24) is 9.44 Å². The fourth-order valence-electron chi connectivity index (χ4n) is 3.57. The maximum Gasteiger partial charge on any atom is 0.289 e. The Morgan fingerprint density at radius 3 is 1.28 bits per heavy atom. The first kappa shape index (κ1) is 23.7. The molecule has 2 aromatic carbocycles. The highest BCUT2D eigenvalue weighted by molar-refractivity contribution is 7.90. The molecule has 12 nitrogen and oxygen atoms in total. The summed E-state index contributed by atoms with van der Waals surface area (Å²) in [6, 6.07) is 8.92. The molecule has 1 fully saturated rings. The zero-order chi connectivity index (χ0) is 23.5. The van der Waals surface area contributed by atoms with Gasteiger partial charge in [-0.2, -0.15) is 0 Å². The monoisotopic (exact) mass is 484 g/mol. The Labute approximate surface area is 184 Å². The van der Waals surface area contributed by atoms with E-state index < -0.39 is 63.1 Å². The Bertz CT molecular complexity index is 1140. The Morgan fingerprint density at radius 1 is 0.656 bits per heavy atom. The van der Waals surface area contributed by atoms with Crippen LogP contribution in [0.5, 0.6) is 0 Å². The lowest BCUT2D eigenvalue weighted by molar-refractivity contribution is -0.388. The standard InChI is InChI=1S/C18H20N4O8S2/c23-21(24)15-5-1-3-7-17(15)31(27,28)19-13-9-11-14(12-10-13)20-32(29,30)18-8-4-2-6-16(18)22(25)26/h1-8,13-14,19-20H,9-12H2. The van der Waals surface area contributed by atoms with E-state index in [1.807, 2.05) is 0 Å². The number of hydrogen-bond acceptors (Lipinski definition) is 8. The number of hydrogen-bond donors (Lipinski definition) is 2. The molecule has 172 valence electrons. The Kier molecular flexibility index (Phi) is 6.88. The SMILES string of the molecule is O=[N+]([O-])c1ccccc1S(=O)(=O)NC1CCC(NS(=O)(=O)c2ccccc2[N+](=O)[O-])CC1. The smallest absolute Gasteiger partial charge is 0.258 e. The average Bonchev–Trinajstić information content (AvgIpc) is 2.74. The van der Waals surface area contributed by atoms with Gasteiger partial charge in [0.25, 0.3) is 11.4 Å². The molecular formula is C18H20N4O8S2. The molecule has 0 bridgehead atoms. The van der Waals surface area contributed by atoms with Crippen LogP contribution in [0, 0.1) is 20.2 Å². The molecule has 0 amide bonds. The van der Waals surface area contributed by atoms with Crippen LogP contribution in [-0.4, -0.2) is 38.8 Å². The summed E-state index contributed by atoms with van der Waals surface area (Å²) in [5.41, 5.74) is -1.07. The van der Waals surface area contributed by atoms with Crippen LogP contribution in [0.25, 0.3) is 0 Å². The van der Waals surface area contributed by atoms with Crippen LogP contribution in [-0.2, 0) is 20.0 Å². The molecule has 0 saturated heterocycles. The largest absolute Gasteiger partial charge is 0.289 e. The Morgan fingerprint density at radius 2 is 0.969 bits per heavy atom. The van der Waals surface area contributed by atoms with Gasteiger partial charge in [-0.25, -0.2) is 26.3 Å². The molecule has 1 aliphatic rings. The first-order valence-electron chi connectivity index (χ1n) is 9.53. The fourth-order valence-corrected chi connectivity index (χ4v) is 6.52. The molecule has 0 unspecified atom stereocenters. The van der Waals surface area contributed by atoms with Crippen LogP contribution in [0.1, 0.15) is 25.7 Å². The molecule has 0 radical (unpaired) electrons. The van der Waals surface area contributed by atoms with Crippen molar-refractivity contribution in [1.29, 1.82) is 0 Å². The normalized spacial score (nSPS) is 19.4. The molecule has 2 N–H and O–H groups in total. The van der Waals surface area contributed by atoms with Crippen LogP contribution < -0.4 is 9.44 Å². The topological polar surface area (TPSA) is 179 Å². The molecule has 0 aliphatic heterocycles. The van der Waals surface area contributed by atoms with Crippen LogP contribution in [0.4, 0.5) is 11.4 Å². The van der Waals surface area contributed by atoms with Gasteiger partial charge in [0.15, 0.2) is 9.79 Å². The van der Waals surface area contributed by atoms with E-state index in [4.69, 9.17) is 0 Å². The summed E-state index contributed by atoms with van der Waals surface area (Å²) in [7, 11) is -8.30. The molecule has 0 heterocycles. The number of nitrogens with zero attached hydrogens (tertiary/aromatic N) is 2. The van der Waals surface area contributed by atoms with Gasteiger partial charge in [-0.1, -0.05) is 24.3 Å². The second-order valence-electron chi connectivity index (χ2n) is 7.24. The Balaban J connectivity index is 1.66. The summed E-state index contributed by atoms with van der Waals surface area (Å²) in [5, 5.41) is 22.3. The zero-order valence-electron chi connectivity index (χ0n) is 16.6. The number of rotatable bonds is 8. The number of sulfonamides is 2. The Hall–Kier alpha value is -2.94. The third-order valence-corrected chi connectivity index (χ3v) is 8.21. The third-order valence-electron chi connectivity index (χ3n) is 5.07. The lowest BCUT2D eigenvalue weighted by atomic mass is 9.92. The summed E-state index contributed by atoms with van der Waals surface area (Å²) in [6.45, 7) is 0. The third kappa shape index (κ3) is 5.27. The molecule has 3 rings (SSSR count). The summed E-state index contributed by atoms with van der Waals surface area (Å²) >= 11 is 0. The minimum absolute atomic E-state index is 0.282. The molecule has 2 aromatic rings. The zero-order valence-corrected chi connectivity index (χ0v) is 18.2. The number of nitro groups is 2. The second kappa shape index (κ2) is 9.28. The van der Waals surface area contributed by atoms with Crippen LogP contribution in [0.15, 0.2) is 58.3 Å². The van der Waals surface area contributed by atoms with Crippen molar-refractivity contribution < 1.29 is 26.7 Å². The highest BCUT2D eigenvalue weighted by Crippen LogP contribution is 2.28. The van der Waals surface area contributed by atoms with E-state index in [2.05, 4.69) is 9.44 Å². The van der Waals surface area contributed by atoms with E-state index in [-0.39, 0.29) is 25.7 Å². The summed E-state index contributed by atoms with van der Waals surface area (Å²) in [5.74, 6) is 0. The predicted molar refractivity (Wildman–Crippen MR) is 113 cm³/mol. The first-order valence-corrected chi connectivity index (χ1v) is 12.5. The average molecular weight is 485 g/mol. The van der Waals surface area contributed by atoms with Crippen molar-refractivity contribution in [2.24, 2.45) is 0 Å². The summed E-state index contributed by atoms with van der Waals surface area (Å²) in [4.78, 5) is 19.8. The van der Waals surface area contributed by atoms with Gasteiger partial charge in [-0.05, 0) is 37.8 Å². The summed E-state index contributed by atoms with van der Waals surface area (Å²) in [6.07, 6.45) is 1.13. The van der Waals surface area contributed by atoms with Crippen molar-refractivity contribution in [3.05, 3.63) is 68.8 Å². The molecule has 14 heteroatoms. The molecule has 32 heavy (non-hydrogen) atoms. The van der Waals surface area contributed by atoms with Gasteiger partial charge < -0.3 is 0 Å². The molecule has 1 aliphatic carbocycles. The van der Waals surface area contributed by atoms with Crippen molar-refractivity contribution in [2.75, 3.05) is 0 Å². The maximum atomic E-state index is 12.6. The highest BCUT2D eigenvalue weighted by atomic mass is 32.2. The van der Waals surface area contributed by atoms with Crippen LogP contribution in [0.2, 0.25) is 0 Å². The molecule has 0 aromatic heterocycles. The van der Waals surface area contributed by atoms with Crippen LogP contribution >= 0.6 is 0 Å². The predicted octanol–water partition coefficient (Wildman–Crippen LogP) is 2.07. The quantitative estimate of drug-likeness (QED) is 0.422. The maximum absolute atomic E-state index is 12.6. The van der Waals surface area contributed by atoms with E-state index in [1.54, 1.807) is 0 Å². The molecule has 1 saturated carbocycles. The fraction of sp³-hybridized carbons (Fsp3) is 0.333. The van der Waals surface area contributed by atoms with Crippen molar-refractivity contribution >= 4 is 31.4 Å². The minimum Gasteiger partial charge on any atom is -0.258 e. The van der Waals surface area contributed by atoms with E-state index in [1.165, 1.54) is 24.3 Å². The number of nitrogens with one attached hydrogen (secondary N) is 2. The number of nitro benzene ring substituents is 2. The van der Waals surface area contributed by atoms with Gasteiger partial charge >= 0.3 is 0 Å². The van der Waals surface area contributed by atoms with Gasteiger partial charge in [-0.3, -0.25) is 20.2 Å². The van der Waals surface area contributed by atoms with Gasteiger partial charge in [0, 0.05) is 24.2 Å². The summed E-state index contributed by atoms with van der Waals surface area (Å²) < 4.78 is 55.4. The van der Waals surface area contributed by atoms with E-state index in [9.17, 15) is 37.1 Å². The first-order chi connectivity index (χ1) is 15.0. The van der Waals surface area contributed by atoms with Crippen molar-refractivity contribution in [3.8, 4) is 0 Å². The number of benzene rings is 2. The van der Waals surface area contributed by atoms with Crippen molar-refractivity contribution in [2.45, 2.75) is 47.6 Å². The molecule has 0 spiro atoms. The highest BCUT2D eigenvalue weighted by Gasteiger charge is 2.33. The number of para-hydroxylation sites is 2. The van der Waals surface area contributed by atoms with Gasteiger partial charge in [0.05, 0.1) is 9.85 Å². The second-order valence-corrected chi connectivity index (χ2v) is 10.6. The van der Waals surface area contributed by atoms with Gasteiger partial charge in [0.1, 0.15) is 0 Å². The van der Waals surface area contributed by atoms with Crippen LogP contribution in [0.3, 0.4) is 0 Å². The lowest BCUT2D eigenvalue weighted by Gasteiger charge is -2.29. The van der Waals surface area contributed by atoms with E-state index >= 15 is 0 Å². The van der Waals surface area contributed by atoms with E-state index in [0.29, 0.717) is 0 Å². The van der Waals surface area contributed by atoms with Gasteiger partial charge in [0.2, 0.25) is 20.0 Å².